The lowest BCUT2D eigenvalue weighted by atomic mass is 10.1. The van der Waals surface area contributed by atoms with Crippen molar-refractivity contribution in [3.63, 3.8) is 0 Å². The molecular formula is C8H11NO4. The summed E-state index contributed by atoms with van der Waals surface area (Å²) in [5.74, 6) is -1.10. The average Bonchev–Trinajstić information content (AvgIpc) is 2.76. The largest absolute Gasteiger partial charge is 0.464 e. The number of oxime groups is 1. The van der Waals surface area contributed by atoms with E-state index in [1.54, 1.807) is 0 Å². The Labute approximate surface area is 75.6 Å². The molecule has 0 aromatic heterocycles. The van der Waals surface area contributed by atoms with Gasteiger partial charge < -0.3 is 14.3 Å². The molecule has 1 fully saturated rings. The van der Waals surface area contributed by atoms with Crippen molar-refractivity contribution in [2.24, 2.45) is 5.16 Å². The molecule has 0 bridgehead atoms. The second kappa shape index (κ2) is 2.99. The van der Waals surface area contributed by atoms with Crippen molar-refractivity contribution in [2.45, 2.75) is 25.0 Å². The van der Waals surface area contributed by atoms with Gasteiger partial charge in [-0.2, -0.15) is 0 Å². The summed E-state index contributed by atoms with van der Waals surface area (Å²) in [7, 11) is 1.32. The minimum absolute atomic E-state index is 0.310. The summed E-state index contributed by atoms with van der Waals surface area (Å²) in [6, 6.07) is 0. The molecule has 2 rings (SSSR count). The van der Waals surface area contributed by atoms with Crippen LogP contribution in [0.1, 0.15) is 19.3 Å². The fourth-order valence-corrected chi connectivity index (χ4v) is 1.57. The van der Waals surface area contributed by atoms with Gasteiger partial charge >= 0.3 is 5.97 Å². The smallest absolute Gasteiger partial charge is 0.356 e. The van der Waals surface area contributed by atoms with Crippen LogP contribution in [0.25, 0.3) is 0 Å². The van der Waals surface area contributed by atoms with Crippen LogP contribution in [0.2, 0.25) is 0 Å². The van der Waals surface area contributed by atoms with Gasteiger partial charge in [-0.1, -0.05) is 5.16 Å². The minimum Gasteiger partial charge on any atom is -0.464 e. The molecule has 0 amide bonds. The first-order valence-corrected chi connectivity index (χ1v) is 4.23. The van der Waals surface area contributed by atoms with E-state index in [1.807, 2.05) is 0 Å². The number of carbonyl (C=O) groups excluding carboxylic acids is 1. The maximum absolute atomic E-state index is 11.1. The summed E-state index contributed by atoms with van der Waals surface area (Å²) in [6.45, 7) is 0.671. The van der Waals surface area contributed by atoms with E-state index in [9.17, 15) is 4.79 Å². The molecule has 1 saturated heterocycles. The molecule has 2 aliphatic heterocycles. The molecule has 5 heteroatoms. The van der Waals surface area contributed by atoms with Crippen LogP contribution < -0.4 is 0 Å². The normalized spacial score (nSPS) is 31.6. The molecule has 2 heterocycles. The van der Waals surface area contributed by atoms with E-state index >= 15 is 0 Å². The van der Waals surface area contributed by atoms with Crippen LogP contribution in [0.5, 0.6) is 0 Å². The second-order valence-electron chi connectivity index (χ2n) is 3.16. The van der Waals surface area contributed by atoms with Crippen LogP contribution in [0.3, 0.4) is 0 Å². The zero-order valence-corrected chi connectivity index (χ0v) is 7.41. The van der Waals surface area contributed by atoms with Gasteiger partial charge in [0.25, 0.3) is 0 Å². The highest BCUT2D eigenvalue weighted by atomic mass is 16.8. The summed E-state index contributed by atoms with van der Waals surface area (Å²) in [5.41, 5.74) is 0.310. The van der Waals surface area contributed by atoms with Gasteiger partial charge in [0.2, 0.25) is 5.79 Å². The minimum atomic E-state index is -0.663. The highest BCUT2D eigenvalue weighted by molar-refractivity contribution is 6.36. The lowest BCUT2D eigenvalue weighted by molar-refractivity contribution is -0.192. The van der Waals surface area contributed by atoms with E-state index in [4.69, 9.17) is 9.57 Å². The van der Waals surface area contributed by atoms with Crippen molar-refractivity contribution in [3.05, 3.63) is 0 Å². The van der Waals surface area contributed by atoms with Crippen LogP contribution in [0, 0.1) is 0 Å². The van der Waals surface area contributed by atoms with Crippen molar-refractivity contribution in [1.82, 2.24) is 0 Å². The quantitative estimate of drug-likeness (QED) is 0.556. The van der Waals surface area contributed by atoms with Crippen molar-refractivity contribution in [3.8, 4) is 0 Å². The van der Waals surface area contributed by atoms with Crippen molar-refractivity contribution in [1.29, 1.82) is 0 Å². The second-order valence-corrected chi connectivity index (χ2v) is 3.16. The molecule has 2 aliphatic rings. The maximum Gasteiger partial charge on any atom is 0.356 e. The van der Waals surface area contributed by atoms with Gasteiger partial charge in [-0.25, -0.2) is 4.79 Å². The van der Waals surface area contributed by atoms with Gasteiger partial charge in [0.15, 0.2) is 5.71 Å². The zero-order chi connectivity index (χ0) is 9.31. The van der Waals surface area contributed by atoms with Crippen molar-refractivity contribution < 1.29 is 19.1 Å². The first-order valence-electron chi connectivity index (χ1n) is 4.23. The predicted molar refractivity (Wildman–Crippen MR) is 43.1 cm³/mol. The number of esters is 1. The van der Waals surface area contributed by atoms with Crippen LogP contribution in [-0.2, 0) is 19.1 Å². The Morgan fingerprint density at radius 3 is 3.15 bits per heavy atom. The van der Waals surface area contributed by atoms with Gasteiger partial charge in [0.05, 0.1) is 20.1 Å². The molecule has 0 aromatic carbocycles. The van der Waals surface area contributed by atoms with Crippen LogP contribution in [0.4, 0.5) is 0 Å². The maximum atomic E-state index is 11.1. The number of hydrogen-bond donors (Lipinski definition) is 0. The molecule has 0 radical (unpaired) electrons. The number of carbonyl (C=O) groups is 1. The molecule has 0 N–H and O–H groups in total. The van der Waals surface area contributed by atoms with E-state index in [2.05, 4.69) is 9.89 Å². The molecule has 0 saturated carbocycles. The third-order valence-electron chi connectivity index (χ3n) is 2.25. The summed E-state index contributed by atoms with van der Waals surface area (Å²) >= 11 is 0. The molecule has 13 heavy (non-hydrogen) atoms. The monoisotopic (exact) mass is 185 g/mol. The van der Waals surface area contributed by atoms with Crippen LogP contribution >= 0.6 is 0 Å². The first-order chi connectivity index (χ1) is 6.26. The van der Waals surface area contributed by atoms with Crippen LogP contribution in [0.15, 0.2) is 5.16 Å². The number of methoxy groups -OCH3 is 1. The summed E-state index contributed by atoms with van der Waals surface area (Å²) in [6.07, 6.45) is 2.14. The predicted octanol–water partition coefficient (Wildman–Crippen LogP) is 0.442. The first kappa shape index (κ1) is 8.50. The van der Waals surface area contributed by atoms with E-state index < -0.39 is 11.8 Å². The number of nitrogens with zero attached hydrogens (tertiary/aromatic N) is 1. The fourth-order valence-electron chi connectivity index (χ4n) is 1.57. The zero-order valence-electron chi connectivity index (χ0n) is 7.41. The van der Waals surface area contributed by atoms with E-state index in [-0.39, 0.29) is 0 Å². The molecule has 1 atom stereocenters. The Kier molecular flexibility index (Phi) is 1.95. The summed E-state index contributed by atoms with van der Waals surface area (Å²) in [5, 5.41) is 3.66. The Hall–Kier alpha value is -1.10. The van der Waals surface area contributed by atoms with Gasteiger partial charge in [0.1, 0.15) is 0 Å². The molecule has 0 aliphatic carbocycles. The van der Waals surface area contributed by atoms with E-state index in [1.165, 1.54) is 7.11 Å². The topological polar surface area (TPSA) is 57.1 Å². The van der Waals surface area contributed by atoms with Crippen molar-refractivity contribution >= 4 is 11.7 Å². The van der Waals surface area contributed by atoms with Gasteiger partial charge in [-0.3, -0.25) is 0 Å². The van der Waals surface area contributed by atoms with E-state index in [0.29, 0.717) is 18.7 Å². The van der Waals surface area contributed by atoms with Gasteiger partial charge in [0, 0.05) is 6.42 Å². The Bertz CT molecular complexity index is 255. The van der Waals surface area contributed by atoms with Crippen LogP contribution in [-0.4, -0.2) is 31.2 Å². The number of rotatable bonds is 1. The average molecular weight is 185 g/mol. The molecule has 5 nitrogen and oxygen atoms in total. The molecule has 1 spiro atoms. The highest BCUT2D eigenvalue weighted by Gasteiger charge is 2.45. The molecule has 0 aromatic rings. The Morgan fingerprint density at radius 2 is 2.54 bits per heavy atom. The number of hydrogen-bond acceptors (Lipinski definition) is 5. The lowest BCUT2D eigenvalue weighted by Gasteiger charge is -2.18. The van der Waals surface area contributed by atoms with Gasteiger partial charge in [-0.05, 0) is 6.42 Å². The molecular weight excluding hydrogens is 174 g/mol. The van der Waals surface area contributed by atoms with Gasteiger partial charge in [-0.15, -0.1) is 0 Å². The fraction of sp³-hybridized carbons (Fsp3) is 0.750. The third-order valence-corrected chi connectivity index (χ3v) is 2.25. The molecule has 1 unspecified atom stereocenters. The lowest BCUT2D eigenvalue weighted by Crippen LogP contribution is -2.29. The van der Waals surface area contributed by atoms with E-state index in [0.717, 1.165) is 12.8 Å². The number of ether oxygens (including phenoxy) is 2. The SMILES string of the molecule is COC(=O)C1=NOC2(CCCO2)C1. The standard InChI is InChI=1S/C8H11NO4/c1-11-7(10)6-5-8(13-9-6)3-2-4-12-8/h2-5H2,1H3. The third kappa shape index (κ3) is 1.39. The summed E-state index contributed by atoms with van der Waals surface area (Å²) in [4.78, 5) is 16.2. The Morgan fingerprint density at radius 1 is 1.69 bits per heavy atom. The highest BCUT2D eigenvalue weighted by Crippen LogP contribution is 2.35. The summed E-state index contributed by atoms with van der Waals surface area (Å²) < 4.78 is 9.91. The van der Waals surface area contributed by atoms with Crippen molar-refractivity contribution in [2.75, 3.05) is 13.7 Å². The Balaban J connectivity index is 2.02. The molecule has 72 valence electrons.